The Hall–Kier alpha value is -3.21. The second-order valence-electron chi connectivity index (χ2n) is 6.31. The average molecular weight is 495 g/mol. The summed E-state index contributed by atoms with van der Waals surface area (Å²) in [6.07, 6.45) is 2.64. The van der Waals surface area contributed by atoms with Gasteiger partial charge in [0.05, 0.1) is 31.2 Å². The van der Waals surface area contributed by atoms with Crippen LogP contribution in [-0.4, -0.2) is 32.1 Å². The second kappa shape index (κ2) is 9.73. The molecule has 1 aromatic carbocycles. The van der Waals surface area contributed by atoms with Crippen molar-refractivity contribution in [3.8, 4) is 5.88 Å². The van der Waals surface area contributed by atoms with Gasteiger partial charge in [0.25, 0.3) is 5.56 Å². The van der Waals surface area contributed by atoms with Crippen LogP contribution in [0, 0.1) is 18.6 Å². The molecule has 0 saturated carbocycles. The van der Waals surface area contributed by atoms with Crippen LogP contribution in [-0.2, 0) is 17.9 Å². The zero-order valence-electron chi connectivity index (χ0n) is 16.6. The molecular weight excluding hydrogens is 478 g/mol. The first kappa shape index (κ1) is 22.5. The number of hydrogen-bond donors (Lipinski definition) is 0. The van der Waals surface area contributed by atoms with E-state index in [-0.39, 0.29) is 41.4 Å². The van der Waals surface area contributed by atoms with E-state index in [0.717, 1.165) is 12.1 Å². The Morgan fingerprint density at radius 3 is 2.65 bits per heavy atom. The van der Waals surface area contributed by atoms with Crippen LogP contribution in [0.3, 0.4) is 0 Å². The zero-order chi connectivity index (χ0) is 22.5. The molecule has 31 heavy (non-hydrogen) atoms. The molecule has 0 N–H and O–H groups in total. The van der Waals surface area contributed by atoms with Crippen molar-refractivity contribution in [2.24, 2.45) is 0 Å². The lowest BCUT2D eigenvalue weighted by atomic mass is 10.2. The smallest absolute Gasteiger partial charge is 0.358 e. The van der Waals surface area contributed by atoms with Gasteiger partial charge in [-0.3, -0.25) is 14.3 Å². The number of hydrogen-bond acceptors (Lipinski definition) is 7. The molecule has 0 unspecified atom stereocenters. The summed E-state index contributed by atoms with van der Waals surface area (Å²) in [4.78, 5) is 36.8. The van der Waals surface area contributed by atoms with E-state index in [1.807, 2.05) is 0 Å². The predicted molar refractivity (Wildman–Crippen MR) is 109 cm³/mol. The number of rotatable bonds is 7. The molecular formula is C20H17BrF2N4O4. The molecule has 0 bridgehead atoms. The number of ether oxygens (including phenoxy) is 2. The molecule has 8 nitrogen and oxygen atoms in total. The summed E-state index contributed by atoms with van der Waals surface area (Å²) < 4.78 is 38.5. The van der Waals surface area contributed by atoms with Crippen LogP contribution in [0.2, 0.25) is 0 Å². The lowest BCUT2D eigenvalue weighted by Gasteiger charge is -2.13. The first-order chi connectivity index (χ1) is 14.8. The van der Waals surface area contributed by atoms with Crippen molar-refractivity contribution in [3.63, 3.8) is 0 Å². The highest BCUT2D eigenvalue weighted by Crippen LogP contribution is 2.21. The highest BCUT2D eigenvalue weighted by Gasteiger charge is 2.16. The van der Waals surface area contributed by atoms with Crippen LogP contribution in [0.1, 0.15) is 34.5 Å². The van der Waals surface area contributed by atoms with Gasteiger partial charge >= 0.3 is 5.97 Å². The number of aryl methyl sites for hydroxylation is 1. The quantitative estimate of drug-likeness (QED) is 0.465. The van der Waals surface area contributed by atoms with Gasteiger partial charge in [-0.05, 0) is 41.9 Å². The molecule has 0 aliphatic rings. The Morgan fingerprint density at radius 2 is 2.00 bits per heavy atom. The molecule has 0 radical (unpaired) electrons. The van der Waals surface area contributed by atoms with E-state index in [2.05, 4.69) is 30.9 Å². The molecule has 0 amide bonds. The summed E-state index contributed by atoms with van der Waals surface area (Å²) in [5, 5.41) is 0. The third-order valence-corrected chi connectivity index (χ3v) is 4.84. The van der Waals surface area contributed by atoms with Crippen molar-refractivity contribution in [1.29, 1.82) is 0 Å². The van der Waals surface area contributed by atoms with Gasteiger partial charge in [0.2, 0.25) is 5.88 Å². The van der Waals surface area contributed by atoms with E-state index in [4.69, 9.17) is 9.47 Å². The van der Waals surface area contributed by atoms with Crippen molar-refractivity contribution in [1.82, 2.24) is 19.5 Å². The number of benzene rings is 1. The van der Waals surface area contributed by atoms with Crippen LogP contribution in [0.4, 0.5) is 8.78 Å². The average Bonchev–Trinajstić information content (AvgIpc) is 2.74. The van der Waals surface area contributed by atoms with Gasteiger partial charge in [-0.2, -0.15) is 4.98 Å². The molecule has 3 rings (SSSR count). The minimum Gasteiger partial charge on any atom is -0.472 e. The molecule has 2 heterocycles. The third-order valence-electron chi connectivity index (χ3n) is 4.16. The third kappa shape index (κ3) is 5.29. The minimum atomic E-state index is -0.758. The van der Waals surface area contributed by atoms with Crippen LogP contribution in [0.25, 0.3) is 0 Å². The van der Waals surface area contributed by atoms with Gasteiger partial charge in [-0.25, -0.2) is 18.6 Å². The molecule has 0 spiro atoms. The van der Waals surface area contributed by atoms with Crippen molar-refractivity contribution in [2.45, 2.75) is 27.0 Å². The monoisotopic (exact) mass is 494 g/mol. The van der Waals surface area contributed by atoms with Crippen molar-refractivity contribution < 1.29 is 23.0 Å². The van der Waals surface area contributed by atoms with Crippen LogP contribution < -0.4 is 10.3 Å². The largest absolute Gasteiger partial charge is 0.472 e. The van der Waals surface area contributed by atoms with Gasteiger partial charge in [-0.1, -0.05) is 0 Å². The minimum absolute atomic E-state index is 0.0220. The lowest BCUT2D eigenvalue weighted by molar-refractivity contribution is 0.0519. The fraction of sp³-hybridized carbons (Fsp3) is 0.250. The fourth-order valence-corrected chi connectivity index (χ4v) is 3.01. The van der Waals surface area contributed by atoms with Gasteiger partial charge in [-0.15, -0.1) is 0 Å². The number of carbonyl (C=O) groups is 1. The molecule has 3 aromatic rings. The molecule has 0 atom stereocenters. The summed E-state index contributed by atoms with van der Waals surface area (Å²) in [5.41, 5.74) is 0.159. The van der Waals surface area contributed by atoms with E-state index in [1.165, 1.54) is 23.0 Å². The molecule has 0 fully saturated rings. The predicted octanol–water partition coefficient (Wildman–Crippen LogP) is 3.19. The number of aromatic nitrogens is 4. The van der Waals surface area contributed by atoms with Crippen LogP contribution in [0.15, 0.2) is 39.9 Å². The number of nitrogens with zero attached hydrogens (tertiary/aromatic N) is 4. The normalized spacial score (nSPS) is 10.7. The molecule has 0 aliphatic carbocycles. The van der Waals surface area contributed by atoms with E-state index < -0.39 is 23.2 Å². The Morgan fingerprint density at radius 1 is 1.23 bits per heavy atom. The summed E-state index contributed by atoms with van der Waals surface area (Å²) in [6, 6.07) is 3.12. The standard InChI is InChI=1S/C20H17BrF2N4O4/c1-3-30-20(29)16-8-24-14(7-25-16)9-27-11(2)26-18(17(21)19(27)28)31-10-12-4-5-13(22)6-15(12)23/h4-8H,3,9-10H2,1-2H3. The maximum atomic E-state index is 13.8. The lowest BCUT2D eigenvalue weighted by Crippen LogP contribution is -2.26. The molecule has 0 aliphatic heterocycles. The first-order valence-electron chi connectivity index (χ1n) is 9.11. The van der Waals surface area contributed by atoms with Gasteiger partial charge in [0.15, 0.2) is 5.69 Å². The molecule has 2 aromatic heterocycles. The Kier molecular flexibility index (Phi) is 7.06. The summed E-state index contributed by atoms with van der Waals surface area (Å²) in [6.45, 7) is 3.32. The van der Waals surface area contributed by atoms with Crippen molar-refractivity contribution >= 4 is 21.9 Å². The van der Waals surface area contributed by atoms with Gasteiger partial charge in [0.1, 0.15) is 28.5 Å². The Balaban J connectivity index is 1.78. The SMILES string of the molecule is CCOC(=O)c1cnc(Cn2c(C)nc(OCc3ccc(F)cc3F)c(Br)c2=O)cn1. The molecule has 0 saturated heterocycles. The van der Waals surface area contributed by atoms with E-state index >= 15 is 0 Å². The van der Waals surface area contributed by atoms with Crippen molar-refractivity contribution in [2.75, 3.05) is 6.61 Å². The highest BCUT2D eigenvalue weighted by atomic mass is 79.9. The van der Waals surface area contributed by atoms with E-state index in [9.17, 15) is 18.4 Å². The van der Waals surface area contributed by atoms with Gasteiger partial charge in [0, 0.05) is 11.6 Å². The van der Waals surface area contributed by atoms with E-state index in [1.54, 1.807) is 13.8 Å². The van der Waals surface area contributed by atoms with Crippen molar-refractivity contribution in [3.05, 3.63) is 79.8 Å². The Bertz CT molecular complexity index is 1170. The maximum absolute atomic E-state index is 13.8. The maximum Gasteiger partial charge on any atom is 0.358 e. The Labute approximate surface area is 184 Å². The van der Waals surface area contributed by atoms with Crippen LogP contribution in [0.5, 0.6) is 5.88 Å². The summed E-state index contributed by atoms with van der Waals surface area (Å²) >= 11 is 3.16. The zero-order valence-corrected chi connectivity index (χ0v) is 18.1. The second-order valence-corrected chi connectivity index (χ2v) is 7.10. The topological polar surface area (TPSA) is 96.2 Å². The highest BCUT2D eigenvalue weighted by molar-refractivity contribution is 9.10. The number of carbonyl (C=O) groups excluding carboxylic acids is 1. The van der Waals surface area contributed by atoms with Crippen LogP contribution >= 0.6 is 15.9 Å². The number of esters is 1. The van der Waals surface area contributed by atoms with E-state index in [0.29, 0.717) is 11.5 Å². The fourth-order valence-electron chi connectivity index (χ4n) is 2.59. The summed E-state index contributed by atoms with van der Waals surface area (Å²) in [7, 11) is 0. The van der Waals surface area contributed by atoms with Gasteiger partial charge < -0.3 is 9.47 Å². The molecule has 162 valence electrons. The number of halogens is 3. The first-order valence-corrected chi connectivity index (χ1v) is 9.91. The molecule has 11 heteroatoms. The summed E-state index contributed by atoms with van der Waals surface area (Å²) in [5.74, 6) is -1.74.